The Kier molecular flexibility index (Phi) is 4.33. The van der Waals surface area contributed by atoms with Gasteiger partial charge >= 0.3 is 5.69 Å². The van der Waals surface area contributed by atoms with E-state index in [1.54, 1.807) is 11.6 Å². The van der Waals surface area contributed by atoms with E-state index in [0.29, 0.717) is 45.6 Å². The van der Waals surface area contributed by atoms with Crippen molar-refractivity contribution in [1.29, 1.82) is 0 Å². The number of aryl methyl sites for hydroxylation is 2. The van der Waals surface area contributed by atoms with Crippen molar-refractivity contribution < 1.29 is 9.59 Å². The van der Waals surface area contributed by atoms with Crippen LogP contribution in [0.15, 0.2) is 10.9 Å². The van der Waals surface area contributed by atoms with Gasteiger partial charge < -0.3 is 10.2 Å². The number of hydrogen-bond acceptors (Lipinski definition) is 5. The normalized spacial score (nSPS) is 18.7. The van der Waals surface area contributed by atoms with E-state index in [2.05, 4.69) is 15.5 Å². The summed E-state index contributed by atoms with van der Waals surface area (Å²) < 4.78 is 4.84. The minimum absolute atomic E-state index is 0.0762. The molecule has 1 unspecified atom stereocenters. The highest BCUT2D eigenvalue weighted by Gasteiger charge is 2.32. The van der Waals surface area contributed by atoms with Crippen LogP contribution in [-0.2, 0) is 49.2 Å². The van der Waals surface area contributed by atoms with Crippen LogP contribution in [0.3, 0.4) is 0 Å². The lowest BCUT2D eigenvalue weighted by Gasteiger charge is -2.32. The van der Waals surface area contributed by atoms with Crippen LogP contribution in [0.25, 0.3) is 0 Å². The van der Waals surface area contributed by atoms with Gasteiger partial charge in [-0.15, -0.1) is 0 Å². The summed E-state index contributed by atoms with van der Waals surface area (Å²) in [6.45, 7) is 3.98. The Morgan fingerprint density at radius 1 is 1.30 bits per heavy atom. The average Bonchev–Trinajstić information content (AvgIpc) is 3.19. The first-order chi connectivity index (χ1) is 12.9. The fraction of sp³-hybridized carbons (Fsp3) is 0.588. The maximum Gasteiger partial charge on any atom is 0.345 e. The Morgan fingerprint density at radius 3 is 2.89 bits per heavy atom. The van der Waals surface area contributed by atoms with Crippen LogP contribution in [0.1, 0.15) is 30.6 Å². The molecule has 10 heteroatoms. The van der Waals surface area contributed by atoms with Crippen molar-refractivity contribution in [3.63, 3.8) is 0 Å². The highest BCUT2D eigenvalue weighted by atomic mass is 16.2. The Balaban J connectivity index is 1.44. The summed E-state index contributed by atoms with van der Waals surface area (Å²) in [4.78, 5) is 38.0. The monoisotopic (exact) mass is 373 g/mol. The van der Waals surface area contributed by atoms with Gasteiger partial charge in [0.1, 0.15) is 5.82 Å². The first-order valence-corrected chi connectivity index (χ1v) is 9.14. The third kappa shape index (κ3) is 3.26. The fourth-order valence-corrected chi connectivity index (χ4v) is 3.81. The lowest BCUT2D eigenvalue weighted by molar-refractivity contribution is -0.138. The number of carbonyl (C=O) groups is 2. The standard InChI is InChI=1S/C17H23N7O3/c1-11(25)18-8-13-7-14-10-22(5-6-24(14)19-13)16(26)12-3-4-15-20-21(2)17(27)23(15)9-12/h7,12H,3-6,8-10H2,1-2H3,(H,18,25). The molecule has 0 radical (unpaired) electrons. The molecule has 144 valence electrons. The Bertz CT molecular complexity index is 954. The number of fused-ring (bicyclic) bond motifs is 2. The third-order valence-corrected chi connectivity index (χ3v) is 5.23. The topological polar surface area (TPSA) is 107 Å². The summed E-state index contributed by atoms with van der Waals surface area (Å²) in [5.41, 5.74) is 1.59. The van der Waals surface area contributed by atoms with Gasteiger partial charge in [-0.25, -0.2) is 9.48 Å². The van der Waals surface area contributed by atoms with Crippen molar-refractivity contribution in [1.82, 2.24) is 34.3 Å². The van der Waals surface area contributed by atoms with Crippen molar-refractivity contribution in [2.75, 3.05) is 6.54 Å². The predicted molar refractivity (Wildman–Crippen MR) is 94.4 cm³/mol. The molecule has 0 bridgehead atoms. The van der Waals surface area contributed by atoms with Gasteiger partial charge in [0.25, 0.3) is 0 Å². The van der Waals surface area contributed by atoms with E-state index < -0.39 is 0 Å². The molecular weight excluding hydrogens is 350 g/mol. The molecule has 2 aromatic heterocycles. The number of carbonyl (C=O) groups excluding carboxylic acids is 2. The maximum absolute atomic E-state index is 13.0. The van der Waals surface area contributed by atoms with Crippen LogP contribution in [0.2, 0.25) is 0 Å². The molecule has 0 saturated heterocycles. The maximum atomic E-state index is 13.0. The van der Waals surface area contributed by atoms with Gasteiger partial charge in [0.15, 0.2) is 0 Å². The zero-order chi connectivity index (χ0) is 19.1. The average molecular weight is 373 g/mol. The summed E-state index contributed by atoms with van der Waals surface area (Å²) in [6, 6.07) is 1.93. The molecule has 0 aliphatic carbocycles. The molecule has 0 saturated carbocycles. The Hall–Kier alpha value is -2.91. The van der Waals surface area contributed by atoms with E-state index in [-0.39, 0.29) is 23.4 Å². The van der Waals surface area contributed by atoms with Crippen molar-refractivity contribution in [3.05, 3.63) is 33.8 Å². The molecule has 2 aromatic rings. The SMILES string of the molecule is CC(=O)NCc1cc2n(n1)CCN(C(=O)C1CCc3nn(C)c(=O)n3C1)C2. The molecule has 4 rings (SSSR count). The minimum Gasteiger partial charge on any atom is -0.351 e. The second-order valence-corrected chi connectivity index (χ2v) is 7.19. The van der Waals surface area contributed by atoms with Crippen LogP contribution in [0, 0.1) is 5.92 Å². The molecule has 2 aliphatic heterocycles. The van der Waals surface area contributed by atoms with Crippen molar-refractivity contribution in [3.8, 4) is 0 Å². The molecule has 4 heterocycles. The van der Waals surface area contributed by atoms with Crippen LogP contribution in [-0.4, -0.2) is 47.4 Å². The van der Waals surface area contributed by atoms with Crippen molar-refractivity contribution in [2.24, 2.45) is 13.0 Å². The summed E-state index contributed by atoms with van der Waals surface area (Å²) in [7, 11) is 1.63. The largest absolute Gasteiger partial charge is 0.351 e. The lowest BCUT2D eigenvalue weighted by atomic mass is 9.97. The molecule has 1 atom stereocenters. The van der Waals surface area contributed by atoms with E-state index in [9.17, 15) is 14.4 Å². The lowest BCUT2D eigenvalue weighted by Crippen LogP contribution is -2.44. The number of aromatic nitrogens is 5. The summed E-state index contributed by atoms with van der Waals surface area (Å²) in [5.74, 6) is 0.533. The highest BCUT2D eigenvalue weighted by molar-refractivity contribution is 5.79. The number of nitrogens with one attached hydrogen (secondary N) is 1. The first kappa shape index (κ1) is 17.5. The fourth-order valence-electron chi connectivity index (χ4n) is 3.81. The zero-order valence-corrected chi connectivity index (χ0v) is 15.5. The third-order valence-electron chi connectivity index (χ3n) is 5.23. The first-order valence-electron chi connectivity index (χ1n) is 9.14. The summed E-state index contributed by atoms with van der Waals surface area (Å²) in [6.07, 6.45) is 1.35. The van der Waals surface area contributed by atoms with E-state index in [1.807, 2.05) is 15.6 Å². The van der Waals surface area contributed by atoms with Gasteiger partial charge in [-0.2, -0.15) is 10.2 Å². The Labute approximate surface area is 155 Å². The molecule has 27 heavy (non-hydrogen) atoms. The van der Waals surface area contributed by atoms with E-state index >= 15 is 0 Å². The van der Waals surface area contributed by atoms with Gasteiger partial charge in [0.05, 0.1) is 36.9 Å². The highest BCUT2D eigenvalue weighted by Crippen LogP contribution is 2.22. The van der Waals surface area contributed by atoms with E-state index in [1.165, 1.54) is 11.6 Å². The minimum atomic E-state index is -0.201. The van der Waals surface area contributed by atoms with Gasteiger partial charge in [0, 0.05) is 33.5 Å². The summed E-state index contributed by atoms with van der Waals surface area (Å²) in [5, 5.41) is 11.4. The molecule has 2 amide bonds. The van der Waals surface area contributed by atoms with Gasteiger partial charge in [-0.1, -0.05) is 0 Å². The van der Waals surface area contributed by atoms with Crippen LogP contribution >= 0.6 is 0 Å². The predicted octanol–water partition coefficient (Wildman–Crippen LogP) is -0.981. The second-order valence-electron chi connectivity index (χ2n) is 7.19. The number of hydrogen-bond donors (Lipinski definition) is 1. The van der Waals surface area contributed by atoms with Crippen LogP contribution in [0.4, 0.5) is 0 Å². The second kappa shape index (κ2) is 6.67. The molecule has 2 aliphatic rings. The molecule has 0 aromatic carbocycles. The molecule has 10 nitrogen and oxygen atoms in total. The number of nitrogens with zero attached hydrogens (tertiary/aromatic N) is 6. The quantitative estimate of drug-likeness (QED) is 0.744. The summed E-state index contributed by atoms with van der Waals surface area (Å²) >= 11 is 0. The van der Waals surface area contributed by atoms with E-state index in [4.69, 9.17) is 0 Å². The molecule has 1 N–H and O–H groups in total. The van der Waals surface area contributed by atoms with Crippen molar-refractivity contribution in [2.45, 2.75) is 45.9 Å². The van der Waals surface area contributed by atoms with Gasteiger partial charge in [-0.3, -0.25) is 18.8 Å². The van der Waals surface area contributed by atoms with Crippen molar-refractivity contribution >= 4 is 11.8 Å². The molecular formula is C17H23N7O3. The van der Waals surface area contributed by atoms with E-state index in [0.717, 1.165) is 17.2 Å². The van der Waals surface area contributed by atoms with Gasteiger partial charge in [-0.05, 0) is 12.5 Å². The van der Waals surface area contributed by atoms with Crippen LogP contribution in [0.5, 0.6) is 0 Å². The van der Waals surface area contributed by atoms with Crippen LogP contribution < -0.4 is 11.0 Å². The number of amides is 2. The molecule has 0 spiro atoms. The Morgan fingerprint density at radius 2 is 2.11 bits per heavy atom. The number of rotatable bonds is 3. The molecule has 0 fully saturated rings. The smallest absolute Gasteiger partial charge is 0.345 e. The zero-order valence-electron chi connectivity index (χ0n) is 15.5. The van der Waals surface area contributed by atoms with Gasteiger partial charge in [0.2, 0.25) is 11.8 Å².